The lowest BCUT2D eigenvalue weighted by Gasteiger charge is -2.33. The molecule has 1 unspecified atom stereocenters. The van der Waals surface area contributed by atoms with E-state index in [9.17, 15) is 4.79 Å². The highest BCUT2D eigenvalue weighted by atomic mass is 32.1. The van der Waals surface area contributed by atoms with Crippen molar-refractivity contribution < 1.29 is 4.79 Å². The van der Waals surface area contributed by atoms with Gasteiger partial charge < -0.3 is 14.7 Å². The highest BCUT2D eigenvalue weighted by Gasteiger charge is 2.29. The Kier molecular flexibility index (Phi) is 5.63. The molecule has 1 atom stereocenters. The molecule has 0 aliphatic carbocycles. The van der Waals surface area contributed by atoms with Gasteiger partial charge >= 0.3 is 0 Å². The molecule has 0 saturated carbocycles. The maximum Gasteiger partial charge on any atom is 0.264 e. The summed E-state index contributed by atoms with van der Waals surface area (Å²) in [5.41, 5.74) is 2.36. The molecule has 2 aliphatic rings. The first-order valence-corrected chi connectivity index (χ1v) is 12.0. The van der Waals surface area contributed by atoms with Gasteiger partial charge in [0.05, 0.1) is 10.3 Å². The van der Waals surface area contributed by atoms with E-state index in [-0.39, 0.29) is 5.91 Å². The number of likely N-dealkylation sites (N-methyl/N-ethyl adjacent to an activating group) is 1. The Morgan fingerprint density at radius 3 is 2.61 bits per heavy atom. The van der Waals surface area contributed by atoms with Crippen molar-refractivity contribution in [3.63, 3.8) is 0 Å². The number of aromatic nitrogens is 2. The van der Waals surface area contributed by atoms with Crippen molar-refractivity contribution in [2.24, 2.45) is 0 Å². The second-order valence-electron chi connectivity index (χ2n) is 8.72. The van der Waals surface area contributed by atoms with Crippen LogP contribution >= 0.6 is 11.3 Å². The van der Waals surface area contributed by atoms with Crippen LogP contribution in [0.5, 0.6) is 0 Å². The van der Waals surface area contributed by atoms with E-state index in [0.717, 1.165) is 78.6 Å². The molecule has 6 nitrogen and oxygen atoms in total. The van der Waals surface area contributed by atoms with Crippen molar-refractivity contribution in [2.75, 3.05) is 51.2 Å². The topological polar surface area (TPSA) is 52.6 Å². The van der Waals surface area contributed by atoms with E-state index in [1.165, 1.54) is 16.9 Å². The number of benzene rings is 1. The number of piperidine rings is 1. The van der Waals surface area contributed by atoms with E-state index in [1.807, 2.05) is 4.90 Å². The second kappa shape index (κ2) is 8.55. The first-order chi connectivity index (χ1) is 15.1. The number of fused-ring (bicyclic) bond motifs is 1. The van der Waals surface area contributed by atoms with Crippen LogP contribution in [0.3, 0.4) is 0 Å². The van der Waals surface area contributed by atoms with E-state index in [1.54, 1.807) is 6.33 Å². The number of likely N-dealkylation sites (tertiary alicyclic amines) is 1. The largest absolute Gasteiger partial charge is 0.353 e. The minimum absolute atomic E-state index is 0.144. The number of amides is 1. The summed E-state index contributed by atoms with van der Waals surface area (Å²) in [5.74, 6) is 1.53. The highest BCUT2D eigenvalue weighted by Crippen LogP contribution is 2.37. The third-order valence-electron chi connectivity index (χ3n) is 6.68. The number of thiophene rings is 1. The number of carbonyl (C=O) groups is 1. The van der Waals surface area contributed by atoms with Crippen molar-refractivity contribution in [1.82, 2.24) is 19.8 Å². The highest BCUT2D eigenvalue weighted by molar-refractivity contribution is 7.20. The lowest BCUT2D eigenvalue weighted by atomic mass is 9.90. The van der Waals surface area contributed by atoms with Crippen molar-refractivity contribution >= 4 is 33.3 Å². The summed E-state index contributed by atoms with van der Waals surface area (Å²) in [7, 11) is 2.15. The number of hydrogen-bond acceptors (Lipinski definition) is 6. The van der Waals surface area contributed by atoms with Crippen LogP contribution in [0, 0.1) is 6.92 Å². The normalized spacial score (nSPS) is 20.4. The molecule has 2 saturated heterocycles. The van der Waals surface area contributed by atoms with Crippen LogP contribution in [0.2, 0.25) is 0 Å². The van der Waals surface area contributed by atoms with Crippen LogP contribution in [0.4, 0.5) is 5.82 Å². The smallest absolute Gasteiger partial charge is 0.264 e. The standard InChI is InChI=1S/C24H29N5OS/c1-17-20-22(28-13-11-27(2)12-14-28)25-16-26-23(20)31-21(17)24(30)29-10-6-9-19(15-29)18-7-4-3-5-8-18/h3-5,7-8,16,19H,6,9-15H2,1-2H3. The van der Waals surface area contributed by atoms with E-state index < -0.39 is 0 Å². The Balaban J connectivity index is 1.43. The molecule has 31 heavy (non-hydrogen) atoms. The molecule has 2 fully saturated rings. The molecule has 7 heteroatoms. The molecule has 0 bridgehead atoms. The first-order valence-electron chi connectivity index (χ1n) is 11.1. The number of hydrogen-bond donors (Lipinski definition) is 0. The molecule has 4 heterocycles. The van der Waals surface area contributed by atoms with Crippen LogP contribution in [0.25, 0.3) is 10.2 Å². The molecule has 1 aromatic carbocycles. The monoisotopic (exact) mass is 435 g/mol. The lowest BCUT2D eigenvalue weighted by Crippen LogP contribution is -2.44. The van der Waals surface area contributed by atoms with Gasteiger partial charge in [-0.3, -0.25) is 4.79 Å². The molecule has 3 aromatic rings. The first kappa shape index (κ1) is 20.4. The SMILES string of the molecule is Cc1c(C(=O)N2CCCC(c3ccccc3)C2)sc2ncnc(N3CCN(C)CC3)c12. The van der Waals surface area contributed by atoms with Crippen LogP contribution in [0.1, 0.15) is 39.6 Å². The molecule has 162 valence electrons. The zero-order chi connectivity index (χ0) is 21.4. The van der Waals surface area contributed by atoms with Crippen LogP contribution in [-0.2, 0) is 0 Å². The summed E-state index contributed by atoms with van der Waals surface area (Å²) < 4.78 is 0. The van der Waals surface area contributed by atoms with Crippen molar-refractivity contribution in [3.8, 4) is 0 Å². The molecule has 2 aromatic heterocycles. The maximum atomic E-state index is 13.6. The van der Waals surface area contributed by atoms with Gasteiger partial charge in [-0.15, -0.1) is 11.3 Å². The molecule has 2 aliphatic heterocycles. The molecule has 0 radical (unpaired) electrons. The number of nitrogens with zero attached hydrogens (tertiary/aromatic N) is 5. The maximum absolute atomic E-state index is 13.6. The number of carbonyl (C=O) groups excluding carboxylic acids is 1. The second-order valence-corrected chi connectivity index (χ2v) is 9.72. The Bertz CT molecular complexity index is 1070. The fraction of sp³-hybridized carbons (Fsp3) is 0.458. The summed E-state index contributed by atoms with van der Waals surface area (Å²) >= 11 is 1.52. The average Bonchev–Trinajstić information content (AvgIpc) is 3.16. The Morgan fingerprint density at radius 2 is 1.84 bits per heavy atom. The summed E-state index contributed by atoms with van der Waals surface area (Å²) in [6.45, 7) is 7.62. The fourth-order valence-electron chi connectivity index (χ4n) is 4.82. The van der Waals surface area contributed by atoms with Gasteiger partial charge in [0.1, 0.15) is 17.0 Å². The predicted molar refractivity (Wildman–Crippen MR) is 126 cm³/mol. The van der Waals surface area contributed by atoms with Gasteiger partial charge in [0, 0.05) is 45.2 Å². The van der Waals surface area contributed by atoms with E-state index >= 15 is 0 Å². The Morgan fingerprint density at radius 1 is 1.06 bits per heavy atom. The van der Waals surface area contributed by atoms with Gasteiger partial charge in [0.15, 0.2) is 0 Å². The quantitative estimate of drug-likeness (QED) is 0.627. The fourth-order valence-corrected chi connectivity index (χ4v) is 5.93. The Hall–Kier alpha value is -2.51. The van der Waals surface area contributed by atoms with E-state index in [2.05, 4.69) is 64.1 Å². The number of aryl methyl sites for hydroxylation is 1. The summed E-state index contributed by atoms with van der Waals surface area (Å²) in [4.78, 5) is 31.2. The van der Waals surface area contributed by atoms with Gasteiger partial charge in [-0.05, 0) is 37.9 Å². The van der Waals surface area contributed by atoms with E-state index in [4.69, 9.17) is 0 Å². The molecule has 0 N–H and O–H groups in total. The lowest BCUT2D eigenvalue weighted by molar-refractivity contribution is 0.0711. The number of piperazine rings is 1. The molecule has 0 spiro atoms. The van der Waals surface area contributed by atoms with Crippen molar-refractivity contribution in [1.29, 1.82) is 0 Å². The van der Waals surface area contributed by atoms with Crippen LogP contribution < -0.4 is 4.90 Å². The van der Waals surface area contributed by atoms with Gasteiger partial charge in [-0.1, -0.05) is 30.3 Å². The number of anilines is 1. The zero-order valence-electron chi connectivity index (χ0n) is 18.3. The molecular formula is C24H29N5OS. The summed E-state index contributed by atoms with van der Waals surface area (Å²) in [6.07, 6.45) is 3.83. The average molecular weight is 436 g/mol. The molecule has 1 amide bonds. The van der Waals surface area contributed by atoms with Crippen molar-refractivity contribution in [2.45, 2.75) is 25.7 Å². The molecule has 5 rings (SSSR count). The van der Waals surface area contributed by atoms with Gasteiger partial charge in [0.25, 0.3) is 5.91 Å². The van der Waals surface area contributed by atoms with Crippen LogP contribution in [-0.4, -0.2) is 72.0 Å². The third-order valence-corrected chi connectivity index (χ3v) is 7.87. The van der Waals surface area contributed by atoms with Crippen molar-refractivity contribution in [3.05, 3.63) is 52.7 Å². The third kappa shape index (κ3) is 3.92. The minimum atomic E-state index is 0.144. The Labute approximate surface area is 187 Å². The molecular weight excluding hydrogens is 406 g/mol. The van der Waals surface area contributed by atoms with Gasteiger partial charge in [-0.2, -0.15) is 0 Å². The summed E-state index contributed by atoms with van der Waals surface area (Å²) in [5, 5.41) is 1.05. The number of rotatable bonds is 3. The predicted octanol–water partition coefficient (Wildman–Crippen LogP) is 3.77. The van der Waals surface area contributed by atoms with Gasteiger partial charge in [-0.25, -0.2) is 9.97 Å². The zero-order valence-corrected chi connectivity index (χ0v) is 19.1. The van der Waals surface area contributed by atoms with E-state index in [0.29, 0.717) is 5.92 Å². The van der Waals surface area contributed by atoms with Crippen LogP contribution in [0.15, 0.2) is 36.7 Å². The van der Waals surface area contributed by atoms with Gasteiger partial charge in [0.2, 0.25) is 0 Å². The summed E-state index contributed by atoms with van der Waals surface area (Å²) in [6, 6.07) is 10.6. The minimum Gasteiger partial charge on any atom is -0.353 e.